The Hall–Kier alpha value is -1.88. The standard InChI is InChI=1S/C17H25NO4/c1-13(2)12-22-11-5-10-18-16(19)9-8-14-6-3-4-7-15(14)17(20)21/h3-4,6-7,13H,5,8-12H2,1-2H3,(H,18,19)(H,20,21). The van der Waals surface area contributed by atoms with Crippen molar-refractivity contribution in [2.45, 2.75) is 33.1 Å². The first kappa shape index (κ1) is 18.2. The quantitative estimate of drug-likeness (QED) is 0.651. The van der Waals surface area contributed by atoms with E-state index in [0.29, 0.717) is 31.1 Å². The number of hydrogen-bond acceptors (Lipinski definition) is 3. The van der Waals surface area contributed by atoms with Gasteiger partial charge in [-0.1, -0.05) is 32.0 Å². The summed E-state index contributed by atoms with van der Waals surface area (Å²) < 4.78 is 5.43. The van der Waals surface area contributed by atoms with Crippen LogP contribution in [0.3, 0.4) is 0 Å². The maximum Gasteiger partial charge on any atom is 0.335 e. The number of aromatic carboxylic acids is 1. The second kappa shape index (κ2) is 9.95. The molecule has 0 aromatic heterocycles. The highest BCUT2D eigenvalue weighted by atomic mass is 16.5. The Labute approximate surface area is 131 Å². The van der Waals surface area contributed by atoms with Gasteiger partial charge in [0, 0.05) is 26.2 Å². The van der Waals surface area contributed by atoms with Gasteiger partial charge in [-0.3, -0.25) is 4.79 Å². The number of hydrogen-bond donors (Lipinski definition) is 2. The number of carboxylic acid groups (broad SMARTS) is 1. The Morgan fingerprint density at radius 1 is 1.27 bits per heavy atom. The number of nitrogens with one attached hydrogen (secondary N) is 1. The van der Waals surface area contributed by atoms with Crippen molar-refractivity contribution in [3.05, 3.63) is 35.4 Å². The minimum atomic E-state index is -0.960. The molecule has 0 fully saturated rings. The van der Waals surface area contributed by atoms with Crippen LogP contribution in [0.1, 0.15) is 42.6 Å². The van der Waals surface area contributed by atoms with E-state index < -0.39 is 5.97 Å². The van der Waals surface area contributed by atoms with E-state index in [1.807, 2.05) is 0 Å². The van der Waals surface area contributed by atoms with Crippen LogP contribution in [0.15, 0.2) is 24.3 Å². The lowest BCUT2D eigenvalue weighted by Crippen LogP contribution is -2.25. The van der Waals surface area contributed by atoms with Crippen LogP contribution in [0, 0.1) is 5.92 Å². The first-order chi connectivity index (χ1) is 10.5. The lowest BCUT2D eigenvalue weighted by Gasteiger charge is -2.08. The summed E-state index contributed by atoms with van der Waals surface area (Å²) in [5.41, 5.74) is 0.947. The lowest BCUT2D eigenvalue weighted by molar-refractivity contribution is -0.121. The van der Waals surface area contributed by atoms with Gasteiger partial charge in [-0.15, -0.1) is 0 Å². The number of carboxylic acids is 1. The third kappa shape index (κ3) is 7.22. The second-order valence-corrected chi connectivity index (χ2v) is 5.63. The summed E-state index contributed by atoms with van der Waals surface area (Å²) in [7, 11) is 0. The van der Waals surface area contributed by atoms with Gasteiger partial charge in [0.05, 0.1) is 5.56 Å². The minimum absolute atomic E-state index is 0.0657. The molecule has 0 spiro atoms. The van der Waals surface area contributed by atoms with Crippen LogP contribution in [0.2, 0.25) is 0 Å². The van der Waals surface area contributed by atoms with Crippen LogP contribution in [0.25, 0.3) is 0 Å². The molecule has 0 saturated heterocycles. The second-order valence-electron chi connectivity index (χ2n) is 5.63. The van der Waals surface area contributed by atoms with E-state index in [1.165, 1.54) is 0 Å². The van der Waals surface area contributed by atoms with E-state index in [1.54, 1.807) is 24.3 Å². The SMILES string of the molecule is CC(C)COCCCNC(=O)CCc1ccccc1C(=O)O. The normalized spacial score (nSPS) is 10.7. The zero-order valence-electron chi connectivity index (χ0n) is 13.3. The Bertz CT molecular complexity index is 485. The van der Waals surface area contributed by atoms with E-state index in [-0.39, 0.29) is 17.9 Å². The van der Waals surface area contributed by atoms with E-state index >= 15 is 0 Å². The average Bonchev–Trinajstić information content (AvgIpc) is 2.48. The fourth-order valence-corrected chi connectivity index (χ4v) is 2.00. The number of benzene rings is 1. The predicted octanol–water partition coefficient (Wildman–Crippen LogP) is 2.50. The summed E-state index contributed by atoms with van der Waals surface area (Å²) in [5.74, 6) is -0.508. The van der Waals surface area contributed by atoms with Gasteiger partial charge >= 0.3 is 5.97 Å². The van der Waals surface area contributed by atoms with E-state index in [9.17, 15) is 9.59 Å². The molecule has 1 aromatic rings. The highest BCUT2D eigenvalue weighted by Gasteiger charge is 2.10. The van der Waals surface area contributed by atoms with Crippen LogP contribution in [0.5, 0.6) is 0 Å². The predicted molar refractivity (Wildman–Crippen MR) is 85.0 cm³/mol. The maximum absolute atomic E-state index is 11.7. The van der Waals surface area contributed by atoms with Crippen LogP contribution in [-0.2, 0) is 16.0 Å². The Morgan fingerprint density at radius 3 is 2.68 bits per heavy atom. The first-order valence-corrected chi connectivity index (χ1v) is 7.66. The maximum atomic E-state index is 11.7. The summed E-state index contributed by atoms with van der Waals surface area (Å²) in [6, 6.07) is 6.77. The van der Waals surface area contributed by atoms with Crippen molar-refractivity contribution in [3.8, 4) is 0 Å². The molecule has 0 heterocycles. The first-order valence-electron chi connectivity index (χ1n) is 7.66. The Kier molecular flexibility index (Phi) is 8.22. The number of carbonyl (C=O) groups excluding carboxylic acids is 1. The summed E-state index contributed by atoms with van der Waals surface area (Å²) in [4.78, 5) is 22.8. The van der Waals surface area contributed by atoms with Crippen molar-refractivity contribution in [2.75, 3.05) is 19.8 Å². The van der Waals surface area contributed by atoms with Crippen molar-refractivity contribution in [1.29, 1.82) is 0 Å². The molecule has 1 aromatic carbocycles. The molecule has 0 radical (unpaired) electrons. The third-order valence-electron chi connectivity index (χ3n) is 3.11. The topological polar surface area (TPSA) is 75.6 Å². The van der Waals surface area contributed by atoms with Crippen LogP contribution in [0.4, 0.5) is 0 Å². The molecular weight excluding hydrogens is 282 g/mol. The number of amides is 1. The number of aryl methyl sites for hydroxylation is 1. The number of ether oxygens (including phenoxy) is 1. The zero-order chi connectivity index (χ0) is 16.4. The summed E-state index contributed by atoms with van der Waals surface area (Å²) >= 11 is 0. The summed E-state index contributed by atoms with van der Waals surface area (Å²) in [6.07, 6.45) is 1.50. The van der Waals surface area contributed by atoms with Crippen molar-refractivity contribution in [2.24, 2.45) is 5.92 Å². The molecule has 0 aliphatic heterocycles. The van der Waals surface area contributed by atoms with Gasteiger partial charge in [0.15, 0.2) is 0 Å². The minimum Gasteiger partial charge on any atom is -0.478 e. The monoisotopic (exact) mass is 307 g/mol. The molecule has 0 bridgehead atoms. The fourth-order valence-electron chi connectivity index (χ4n) is 2.00. The molecule has 5 heteroatoms. The zero-order valence-corrected chi connectivity index (χ0v) is 13.3. The molecule has 22 heavy (non-hydrogen) atoms. The van der Waals surface area contributed by atoms with Gasteiger partial charge in [-0.2, -0.15) is 0 Å². The van der Waals surface area contributed by atoms with Crippen molar-refractivity contribution >= 4 is 11.9 Å². The number of rotatable bonds is 10. The lowest BCUT2D eigenvalue weighted by atomic mass is 10.0. The molecule has 1 amide bonds. The molecule has 0 unspecified atom stereocenters. The van der Waals surface area contributed by atoms with Crippen LogP contribution < -0.4 is 5.32 Å². The van der Waals surface area contributed by atoms with Gasteiger partial charge in [-0.25, -0.2) is 4.79 Å². The van der Waals surface area contributed by atoms with E-state index in [2.05, 4.69) is 19.2 Å². The van der Waals surface area contributed by atoms with E-state index in [4.69, 9.17) is 9.84 Å². The van der Waals surface area contributed by atoms with Gasteiger partial charge < -0.3 is 15.2 Å². The molecule has 2 N–H and O–H groups in total. The molecule has 0 atom stereocenters. The molecule has 0 saturated carbocycles. The van der Waals surface area contributed by atoms with Crippen LogP contribution in [-0.4, -0.2) is 36.7 Å². The van der Waals surface area contributed by atoms with Gasteiger partial charge in [0.25, 0.3) is 0 Å². The fraction of sp³-hybridized carbons (Fsp3) is 0.529. The molecule has 1 rings (SSSR count). The molecule has 122 valence electrons. The highest BCUT2D eigenvalue weighted by molar-refractivity contribution is 5.89. The molecule has 0 aliphatic carbocycles. The van der Waals surface area contributed by atoms with E-state index in [0.717, 1.165) is 13.0 Å². The molecular formula is C17H25NO4. The molecule has 0 aliphatic rings. The Morgan fingerprint density at radius 2 is 2.00 bits per heavy atom. The van der Waals surface area contributed by atoms with Crippen molar-refractivity contribution in [1.82, 2.24) is 5.32 Å². The smallest absolute Gasteiger partial charge is 0.335 e. The van der Waals surface area contributed by atoms with Gasteiger partial charge in [-0.05, 0) is 30.4 Å². The number of carbonyl (C=O) groups is 2. The van der Waals surface area contributed by atoms with Crippen LogP contribution >= 0.6 is 0 Å². The largest absolute Gasteiger partial charge is 0.478 e. The molecule has 5 nitrogen and oxygen atoms in total. The Balaban J connectivity index is 2.22. The average molecular weight is 307 g/mol. The van der Waals surface area contributed by atoms with Crippen molar-refractivity contribution in [3.63, 3.8) is 0 Å². The third-order valence-corrected chi connectivity index (χ3v) is 3.11. The van der Waals surface area contributed by atoms with Gasteiger partial charge in [0.1, 0.15) is 0 Å². The highest BCUT2D eigenvalue weighted by Crippen LogP contribution is 2.11. The summed E-state index contributed by atoms with van der Waals surface area (Å²) in [6.45, 7) is 6.14. The van der Waals surface area contributed by atoms with Gasteiger partial charge in [0.2, 0.25) is 5.91 Å². The van der Waals surface area contributed by atoms with Crippen molar-refractivity contribution < 1.29 is 19.4 Å². The summed E-state index contributed by atoms with van der Waals surface area (Å²) in [5, 5.41) is 11.9.